The van der Waals surface area contributed by atoms with Crippen LogP contribution in [0.2, 0.25) is 0 Å². The van der Waals surface area contributed by atoms with Crippen molar-refractivity contribution in [2.45, 2.75) is 6.92 Å². The molecule has 0 spiro atoms. The molecule has 12 heavy (non-hydrogen) atoms. The summed E-state index contributed by atoms with van der Waals surface area (Å²) in [5, 5.41) is 3.30. The fraction of sp³-hybridized carbons (Fsp3) is 0.200. The average Bonchev–Trinajstić information content (AvgIpc) is 2.47. The molecule has 1 aliphatic heterocycles. The van der Waals surface area contributed by atoms with E-state index in [9.17, 15) is 0 Å². The second kappa shape index (κ2) is 2.55. The lowest BCUT2D eigenvalue weighted by Crippen LogP contribution is -2.19. The Morgan fingerprint density at radius 3 is 3.00 bits per heavy atom. The molecule has 0 bridgehead atoms. The molecular weight excluding hydrogens is 148 g/mol. The van der Waals surface area contributed by atoms with Gasteiger partial charge in [-0.15, -0.1) is 0 Å². The number of hydrogen-bond donors (Lipinski definition) is 1. The second-order valence-corrected chi connectivity index (χ2v) is 3.02. The molecular formula is C10H12N2. The first-order valence-electron chi connectivity index (χ1n) is 4.05. The van der Waals surface area contributed by atoms with Gasteiger partial charge in [-0.05, 0) is 19.1 Å². The van der Waals surface area contributed by atoms with Gasteiger partial charge in [0.2, 0.25) is 0 Å². The molecule has 1 N–H and O–H groups in total. The topological polar surface area (TPSA) is 15.3 Å². The van der Waals surface area contributed by atoms with Gasteiger partial charge in [0.05, 0.1) is 18.0 Å². The predicted molar refractivity (Wildman–Crippen MR) is 52.2 cm³/mol. The summed E-state index contributed by atoms with van der Waals surface area (Å²) in [5.74, 6) is 0. The van der Waals surface area contributed by atoms with E-state index in [0.717, 1.165) is 12.4 Å². The van der Waals surface area contributed by atoms with Crippen molar-refractivity contribution in [2.75, 3.05) is 16.9 Å². The second-order valence-electron chi connectivity index (χ2n) is 3.02. The molecule has 0 amide bonds. The van der Waals surface area contributed by atoms with Crippen molar-refractivity contribution >= 4 is 11.4 Å². The zero-order valence-electron chi connectivity index (χ0n) is 7.17. The molecule has 0 saturated heterocycles. The number of anilines is 2. The number of fused-ring (bicyclic) bond motifs is 1. The normalized spacial score (nSPS) is 13.9. The van der Waals surface area contributed by atoms with Gasteiger partial charge in [-0.3, -0.25) is 0 Å². The summed E-state index contributed by atoms with van der Waals surface area (Å²) < 4.78 is 0. The highest BCUT2D eigenvalue weighted by atomic mass is 15.3. The zero-order valence-corrected chi connectivity index (χ0v) is 7.17. The van der Waals surface area contributed by atoms with Gasteiger partial charge in [-0.25, -0.2) is 0 Å². The molecule has 1 heterocycles. The van der Waals surface area contributed by atoms with Crippen LogP contribution in [0, 0.1) is 0 Å². The maximum atomic E-state index is 3.92. The Labute approximate surface area is 72.5 Å². The third-order valence-corrected chi connectivity index (χ3v) is 2.08. The molecule has 0 saturated carbocycles. The van der Waals surface area contributed by atoms with E-state index in [4.69, 9.17) is 0 Å². The molecule has 62 valence electrons. The van der Waals surface area contributed by atoms with Crippen LogP contribution >= 0.6 is 0 Å². The third kappa shape index (κ3) is 0.961. The largest absolute Gasteiger partial charge is 0.366 e. The van der Waals surface area contributed by atoms with Gasteiger partial charge in [-0.1, -0.05) is 18.7 Å². The van der Waals surface area contributed by atoms with Crippen LogP contribution in [0.3, 0.4) is 0 Å². The van der Waals surface area contributed by atoms with Gasteiger partial charge in [-0.2, -0.15) is 0 Å². The minimum Gasteiger partial charge on any atom is -0.366 e. The van der Waals surface area contributed by atoms with Crippen LogP contribution in [0.4, 0.5) is 11.4 Å². The quantitative estimate of drug-likeness (QED) is 0.678. The van der Waals surface area contributed by atoms with Gasteiger partial charge in [0.25, 0.3) is 0 Å². The minimum absolute atomic E-state index is 0.842. The molecule has 1 aliphatic rings. The van der Waals surface area contributed by atoms with E-state index in [1.54, 1.807) is 0 Å². The zero-order chi connectivity index (χ0) is 8.55. The Bertz CT molecular complexity index is 317. The van der Waals surface area contributed by atoms with E-state index in [1.165, 1.54) is 11.4 Å². The summed E-state index contributed by atoms with van der Waals surface area (Å²) >= 11 is 0. The summed E-state index contributed by atoms with van der Waals surface area (Å²) in [7, 11) is 0. The number of benzene rings is 1. The Morgan fingerprint density at radius 2 is 2.25 bits per heavy atom. The van der Waals surface area contributed by atoms with E-state index >= 15 is 0 Å². The summed E-state index contributed by atoms with van der Waals surface area (Å²) in [5.41, 5.74) is 3.50. The van der Waals surface area contributed by atoms with Crippen molar-refractivity contribution in [2.24, 2.45) is 0 Å². The summed E-state index contributed by atoms with van der Waals surface area (Å²) in [6.45, 7) is 6.78. The molecule has 2 rings (SSSR count). The Hall–Kier alpha value is -1.44. The SMILES string of the molecule is C=C(C)N1CNc2ccccc21. The first-order valence-corrected chi connectivity index (χ1v) is 4.05. The molecule has 2 nitrogen and oxygen atoms in total. The number of nitrogens with one attached hydrogen (secondary N) is 1. The van der Waals surface area contributed by atoms with Gasteiger partial charge < -0.3 is 10.2 Å². The van der Waals surface area contributed by atoms with E-state index in [0.29, 0.717) is 0 Å². The lowest BCUT2D eigenvalue weighted by molar-refractivity contribution is 1.02. The molecule has 0 aromatic heterocycles. The highest BCUT2D eigenvalue weighted by molar-refractivity contribution is 5.76. The first kappa shape index (κ1) is 7.22. The molecule has 0 fully saturated rings. The number of hydrogen-bond acceptors (Lipinski definition) is 2. The van der Waals surface area contributed by atoms with E-state index in [-0.39, 0.29) is 0 Å². The van der Waals surface area contributed by atoms with E-state index < -0.39 is 0 Å². The Morgan fingerprint density at radius 1 is 1.50 bits per heavy atom. The summed E-state index contributed by atoms with van der Waals surface area (Å²) in [6.07, 6.45) is 0. The van der Waals surface area contributed by atoms with Crippen molar-refractivity contribution < 1.29 is 0 Å². The van der Waals surface area contributed by atoms with Crippen molar-refractivity contribution in [3.05, 3.63) is 36.5 Å². The smallest absolute Gasteiger partial charge is 0.0923 e. The lowest BCUT2D eigenvalue weighted by Gasteiger charge is -2.16. The highest BCUT2D eigenvalue weighted by Gasteiger charge is 2.16. The summed E-state index contributed by atoms with van der Waals surface area (Å²) in [6, 6.07) is 8.26. The van der Waals surface area contributed by atoms with Gasteiger partial charge in [0.15, 0.2) is 0 Å². The fourth-order valence-corrected chi connectivity index (χ4v) is 1.45. The molecule has 0 unspecified atom stereocenters. The fourth-order valence-electron chi connectivity index (χ4n) is 1.45. The third-order valence-electron chi connectivity index (χ3n) is 2.08. The Kier molecular flexibility index (Phi) is 1.54. The number of allylic oxidation sites excluding steroid dienone is 1. The lowest BCUT2D eigenvalue weighted by atomic mass is 10.2. The predicted octanol–water partition coefficient (Wildman–Crippen LogP) is 2.41. The Balaban J connectivity index is 2.42. The number of para-hydroxylation sites is 2. The standard InChI is InChI=1S/C10H12N2/c1-8(2)12-7-11-9-5-3-4-6-10(9)12/h3-6,11H,1,7H2,2H3. The van der Waals surface area contributed by atoms with Crippen LogP contribution < -0.4 is 10.2 Å². The van der Waals surface area contributed by atoms with Crippen LogP contribution in [0.15, 0.2) is 36.5 Å². The monoisotopic (exact) mass is 160 g/mol. The van der Waals surface area contributed by atoms with E-state index in [2.05, 4.69) is 28.9 Å². The van der Waals surface area contributed by atoms with Crippen molar-refractivity contribution in [1.29, 1.82) is 0 Å². The first-order chi connectivity index (χ1) is 5.79. The maximum Gasteiger partial charge on any atom is 0.0923 e. The molecule has 0 aliphatic carbocycles. The molecule has 2 heteroatoms. The summed E-state index contributed by atoms with van der Waals surface area (Å²) in [4.78, 5) is 2.16. The molecule has 0 radical (unpaired) electrons. The van der Waals surface area contributed by atoms with Crippen LogP contribution in [0.1, 0.15) is 6.92 Å². The van der Waals surface area contributed by atoms with Crippen molar-refractivity contribution in [3.63, 3.8) is 0 Å². The van der Waals surface area contributed by atoms with E-state index in [1.807, 2.05) is 19.1 Å². The molecule has 1 aromatic rings. The van der Waals surface area contributed by atoms with Crippen LogP contribution in [-0.2, 0) is 0 Å². The van der Waals surface area contributed by atoms with Crippen LogP contribution in [0.5, 0.6) is 0 Å². The number of nitrogens with zero attached hydrogens (tertiary/aromatic N) is 1. The van der Waals surface area contributed by atoms with Crippen molar-refractivity contribution in [3.8, 4) is 0 Å². The van der Waals surface area contributed by atoms with Crippen LogP contribution in [0.25, 0.3) is 0 Å². The molecule has 0 atom stereocenters. The van der Waals surface area contributed by atoms with Crippen molar-refractivity contribution in [1.82, 2.24) is 0 Å². The molecule has 1 aromatic carbocycles. The highest BCUT2D eigenvalue weighted by Crippen LogP contribution is 2.32. The average molecular weight is 160 g/mol. The number of rotatable bonds is 1. The minimum atomic E-state index is 0.842. The van der Waals surface area contributed by atoms with Gasteiger partial charge >= 0.3 is 0 Å². The van der Waals surface area contributed by atoms with Crippen LogP contribution in [-0.4, -0.2) is 6.67 Å². The van der Waals surface area contributed by atoms with Gasteiger partial charge in [0.1, 0.15) is 0 Å². The maximum absolute atomic E-state index is 3.92. The van der Waals surface area contributed by atoms with Gasteiger partial charge in [0, 0.05) is 5.70 Å².